The van der Waals surface area contributed by atoms with Gasteiger partial charge in [-0.15, -0.1) is 0 Å². The third kappa shape index (κ3) is 8.22. The van der Waals surface area contributed by atoms with Crippen LogP contribution >= 0.6 is 0 Å². The van der Waals surface area contributed by atoms with Crippen molar-refractivity contribution in [3.8, 4) is 0 Å². The first kappa shape index (κ1) is 14.2. The Bertz CT molecular complexity index is 207. The molecule has 0 fully saturated rings. The Morgan fingerprint density at radius 2 is 1.87 bits per heavy atom. The van der Waals surface area contributed by atoms with Crippen molar-refractivity contribution in [3.05, 3.63) is 12.2 Å². The second-order valence-corrected chi connectivity index (χ2v) is 4.81. The smallest absolute Gasteiger partial charge is 0.333 e. The van der Waals surface area contributed by atoms with Gasteiger partial charge in [0, 0.05) is 5.57 Å². The summed E-state index contributed by atoms with van der Waals surface area (Å²) in [7, 11) is 0. The Morgan fingerprint density at radius 3 is 2.33 bits per heavy atom. The molecular formula is C13H24O2. The number of carbonyl (C=O) groups is 1. The van der Waals surface area contributed by atoms with E-state index < -0.39 is 0 Å². The average molecular weight is 212 g/mol. The van der Waals surface area contributed by atoms with Gasteiger partial charge in [0.25, 0.3) is 0 Å². The van der Waals surface area contributed by atoms with Gasteiger partial charge in [-0.05, 0) is 25.2 Å². The summed E-state index contributed by atoms with van der Waals surface area (Å²) in [5.74, 6) is 0.938. The molecule has 0 radical (unpaired) electrons. The minimum absolute atomic E-state index is 0.272. The second kappa shape index (κ2) is 7.49. The molecule has 2 nitrogen and oxygen atoms in total. The predicted molar refractivity (Wildman–Crippen MR) is 63.6 cm³/mol. The highest BCUT2D eigenvalue weighted by molar-refractivity contribution is 5.86. The van der Waals surface area contributed by atoms with E-state index in [1.807, 2.05) is 0 Å². The maximum atomic E-state index is 11.1. The van der Waals surface area contributed by atoms with Crippen LogP contribution in [0.2, 0.25) is 0 Å². The highest BCUT2D eigenvalue weighted by Crippen LogP contribution is 2.12. The minimum Gasteiger partial charge on any atom is -0.462 e. The van der Waals surface area contributed by atoms with Crippen LogP contribution in [0.15, 0.2) is 12.2 Å². The lowest BCUT2D eigenvalue weighted by Crippen LogP contribution is -2.12. The van der Waals surface area contributed by atoms with Gasteiger partial charge in [0.1, 0.15) is 0 Å². The molecule has 0 spiro atoms. The molecular weight excluding hydrogens is 188 g/mol. The molecule has 0 rings (SSSR count). The highest BCUT2D eigenvalue weighted by atomic mass is 16.5. The van der Waals surface area contributed by atoms with Crippen molar-refractivity contribution in [2.75, 3.05) is 6.61 Å². The molecule has 15 heavy (non-hydrogen) atoms. The Morgan fingerprint density at radius 1 is 1.27 bits per heavy atom. The molecule has 88 valence electrons. The molecule has 1 atom stereocenters. The molecule has 0 saturated carbocycles. The van der Waals surface area contributed by atoms with Crippen molar-refractivity contribution in [3.63, 3.8) is 0 Å². The van der Waals surface area contributed by atoms with Gasteiger partial charge < -0.3 is 4.74 Å². The average Bonchev–Trinajstić information content (AvgIpc) is 2.13. The summed E-state index contributed by atoms with van der Waals surface area (Å²) < 4.78 is 5.08. The largest absolute Gasteiger partial charge is 0.462 e. The summed E-state index contributed by atoms with van der Waals surface area (Å²) >= 11 is 0. The summed E-state index contributed by atoms with van der Waals surface area (Å²) in [6, 6.07) is 0. The lowest BCUT2D eigenvalue weighted by atomic mass is 10.0. The van der Waals surface area contributed by atoms with Gasteiger partial charge in [0.05, 0.1) is 6.61 Å². The van der Waals surface area contributed by atoms with E-state index in [1.165, 1.54) is 12.8 Å². The fourth-order valence-electron chi connectivity index (χ4n) is 1.30. The van der Waals surface area contributed by atoms with E-state index in [9.17, 15) is 4.79 Å². The summed E-state index contributed by atoms with van der Waals surface area (Å²) in [5, 5.41) is 0. The van der Waals surface area contributed by atoms with Gasteiger partial charge in [-0.1, -0.05) is 40.2 Å². The van der Waals surface area contributed by atoms with Gasteiger partial charge in [-0.25, -0.2) is 4.79 Å². The van der Waals surface area contributed by atoms with Crippen LogP contribution in [0.4, 0.5) is 0 Å². The molecule has 2 heteroatoms. The molecule has 0 aromatic heterocycles. The molecule has 0 aromatic carbocycles. The van der Waals surface area contributed by atoms with Crippen LogP contribution in [-0.2, 0) is 9.53 Å². The highest BCUT2D eigenvalue weighted by Gasteiger charge is 2.07. The van der Waals surface area contributed by atoms with Crippen LogP contribution in [0.25, 0.3) is 0 Å². The van der Waals surface area contributed by atoms with Gasteiger partial charge in [0.2, 0.25) is 0 Å². The van der Waals surface area contributed by atoms with Crippen LogP contribution in [-0.4, -0.2) is 12.6 Å². The van der Waals surface area contributed by atoms with E-state index in [-0.39, 0.29) is 5.97 Å². The molecule has 0 saturated heterocycles. The first-order valence-electron chi connectivity index (χ1n) is 5.76. The minimum atomic E-state index is -0.272. The van der Waals surface area contributed by atoms with Crippen molar-refractivity contribution in [2.24, 2.45) is 11.8 Å². The quantitative estimate of drug-likeness (QED) is 0.476. The molecule has 0 aliphatic rings. The van der Waals surface area contributed by atoms with Crippen LogP contribution in [0, 0.1) is 11.8 Å². The molecule has 0 aliphatic carbocycles. The SMILES string of the molecule is C=C(C)C(=O)OCC(C)CCCC(C)C. The van der Waals surface area contributed by atoms with Gasteiger partial charge in [-0.2, -0.15) is 0 Å². The Labute approximate surface area is 93.7 Å². The van der Waals surface area contributed by atoms with Crippen molar-refractivity contribution >= 4 is 5.97 Å². The number of ether oxygens (including phenoxy) is 1. The first-order valence-corrected chi connectivity index (χ1v) is 5.76. The van der Waals surface area contributed by atoms with Crippen molar-refractivity contribution in [2.45, 2.75) is 47.0 Å². The van der Waals surface area contributed by atoms with Gasteiger partial charge in [0.15, 0.2) is 0 Å². The van der Waals surface area contributed by atoms with Gasteiger partial charge in [-0.3, -0.25) is 0 Å². The summed E-state index contributed by atoms with van der Waals surface area (Å²) in [5.41, 5.74) is 0.476. The molecule has 0 N–H and O–H groups in total. The van der Waals surface area contributed by atoms with E-state index in [0.29, 0.717) is 18.1 Å². The van der Waals surface area contributed by atoms with Crippen molar-refractivity contribution < 1.29 is 9.53 Å². The number of carbonyl (C=O) groups excluding carboxylic acids is 1. The molecule has 0 bridgehead atoms. The Balaban J connectivity index is 3.53. The standard InChI is InChI=1S/C13H24O2/c1-10(2)7-6-8-12(5)9-15-13(14)11(3)4/h10,12H,3,6-9H2,1-2,4-5H3. The van der Waals surface area contributed by atoms with Crippen molar-refractivity contribution in [1.82, 2.24) is 0 Å². The zero-order valence-electron chi connectivity index (χ0n) is 10.5. The van der Waals surface area contributed by atoms with Crippen LogP contribution in [0.3, 0.4) is 0 Å². The third-order valence-corrected chi connectivity index (χ3v) is 2.33. The van der Waals surface area contributed by atoms with E-state index in [4.69, 9.17) is 4.74 Å². The number of hydrogen-bond donors (Lipinski definition) is 0. The molecule has 0 aromatic rings. The van der Waals surface area contributed by atoms with Crippen LogP contribution in [0.5, 0.6) is 0 Å². The van der Waals surface area contributed by atoms with E-state index in [0.717, 1.165) is 12.3 Å². The first-order chi connectivity index (χ1) is 6.93. The van der Waals surface area contributed by atoms with E-state index in [2.05, 4.69) is 27.4 Å². The number of hydrogen-bond acceptors (Lipinski definition) is 2. The summed E-state index contributed by atoms with van der Waals surface area (Å²) in [6.45, 7) is 12.3. The van der Waals surface area contributed by atoms with Gasteiger partial charge >= 0.3 is 5.97 Å². The number of esters is 1. The molecule has 0 aliphatic heterocycles. The second-order valence-electron chi connectivity index (χ2n) is 4.81. The molecule has 1 unspecified atom stereocenters. The van der Waals surface area contributed by atoms with E-state index in [1.54, 1.807) is 6.92 Å². The van der Waals surface area contributed by atoms with Crippen LogP contribution in [0.1, 0.15) is 47.0 Å². The zero-order chi connectivity index (χ0) is 11.8. The summed E-state index contributed by atoms with van der Waals surface area (Å²) in [4.78, 5) is 11.1. The monoisotopic (exact) mass is 212 g/mol. The maximum absolute atomic E-state index is 11.1. The zero-order valence-corrected chi connectivity index (χ0v) is 10.5. The topological polar surface area (TPSA) is 26.3 Å². The normalized spacial score (nSPS) is 12.6. The number of rotatable bonds is 7. The Hall–Kier alpha value is -0.790. The van der Waals surface area contributed by atoms with Crippen molar-refractivity contribution in [1.29, 1.82) is 0 Å². The molecule has 0 amide bonds. The van der Waals surface area contributed by atoms with E-state index >= 15 is 0 Å². The third-order valence-electron chi connectivity index (χ3n) is 2.33. The lowest BCUT2D eigenvalue weighted by Gasteiger charge is -2.12. The Kier molecular flexibility index (Phi) is 7.10. The lowest BCUT2D eigenvalue weighted by molar-refractivity contribution is -0.140. The summed E-state index contributed by atoms with van der Waals surface area (Å²) in [6.07, 6.45) is 3.59. The fraction of sp³-hybridized carbons (Fsp3) is 0.769. The fourth-order valence-corrected chi connectivity index (χ4v) is 1.30. The maximum Gasteiger partial charge on any atom is 0.333 e. The molecule has 0 heterocycles. The van der Waals surface area contributed by atoms with Crippen LogP contribution < -0.4 is 0 Å². The predicted octanol–water partition coefficient (Wildman–Crippen LogP) is 3.57.